The van der Waals surface area contributed by atoms with Crippen molar-refractivity contribution in [3.63, 3.8) is 0 Å². The minimum absolute atomic E-state index is 0.0743. The molecule has 1 N–H and O–H groups in total. The third-order valence-corrected chi connectivity index (χ3v) is 4.91. The molecule has 0 aliphatic carbocycles. The molecular weight excluding hydrogens is 330 g/mol. The van der Waals surface area contributed by atoms with Gasteiger partial charge in [-0.05, 0) is 6.42 Å². The van der Waals surface area contributed by atoms with Crippen LogP contribution in [-0.4, -0.2) is 24.9 Å². The zero-order valence-electron chi connectivity index (χ0n) is 16.7. The number of amides is 1. The van der Waals surface area contributed by atoms with E-state index in [1.807, 2.05) is 0 Å². The first kappa shape index (κ1) is 22.8. The number of nitrogens with one attached hydrogen (secondary N) is 1. The molecule has 5 nitrogen and oxygen atoms in total. The minimum Gasteiger partial charge on any atom is -0.434 e. The van der Waals surface area contributed by atoms with Gasteiger partial charge in [-0.25, -0.2) is 4.79 Å². The predicted molar refractivity (Wildman–Crippen MR) is 104 cm³/mol. The molecule has 0 spiro atoms. The van der Waals surface area contributed by atoms with Crippen LogP contribution in [0.15, 0.2) is 0 Å². The fourth-order valence-electron chi connectivity index (χ4n) is 3.28. The van der Waals surface area contributed by atoms with Crippen molar-refractivity contribution in [3.8, 4) is 0 Å². The lowest BCUT2D eigenvalue weighted by Gasteiger charge is -2.11. The summed E-state index contributed by atoms with van der Waals surface area (Å²) < 4.78 is 10.0. The van der Waals surface area contributed by atoms with Gasteiger partial charge in [0.15, 0.2) is 6.23 Å². The Morgan fingerprint density at radius 2 is 1.38 bits per heavy atom. The number of unbranched alkanes of at least 4 members (excludes halogenated alkanes) is 13. The van der Waals surface area contributed by atoms with Gasteiger partial charge < -0.3 is 14.8 Å². The number of ether oxygens (including phenoxy) is 2. The Labute approximate surface area is 159 Å². The second-order valence-electron chi connectivity index (χ2n) is 7.41. The smallest absolute Gasteiger partial charge is 0.434 e. The van der Waals surface area contributed by atoms with Crippen molar-refractivity contribution in [2.24, 2.45) is 0 Å². The first-order valence-corrected chi connectivity index (χ1v) is 10.8. The standard InChI is InChI=1S/C21H39NO4/c1-2-3-4-5-6-7-8-9-10-11-12-13-14-15-18-25-21(24)26-20-17-16-19(23)22-20/h20H,2-18H2,1H3,(H,22,23). The van der Waals surface area contributed by atoms with Gasteiger partial charge in [0.1, 0.15) is 0 Å². The average Bonchev–Trinajstić information content (AvgIpc) is 3.03. The van der Waals surface area contributed by atoms with Crippen LogP contribution >= 0.6 is 0 Å². The third kappa shape index (κ3) is 13.0. The van der Waals surface area contributed by atoms with E-state index in [0.29, 0.717) is 19.4 Å². The van der Waals surface area contributed by atoms with Crippen molar-refractivity contribution < 1.29 is 19.1 Å². The highest BCUT2D eigenvalue weighted by molar-refractivity contribution is 5.78. The maximum atomic E-state index is 11.4. The monoisotopic (exact) mass is 369 g/mol. The van der Waals surface area contributed by atoms with Gasteiger partial charge in [0.25, 0.3) is 0 Å². The molecule has 152 valence electrons. The van der Waals surface area contributed by atoms with E-state index in [0.717, 1.165) is 12.8 Å². The highest BCUT2D eigenvalue weighted by atomic mass is 16.7. The number of carbonyl (C=O) groups excluding carboxylic acids is 2. The van der Waals surface area contributed by atoms with Crippen LogP contribution in [0.4, 0.5) is 4.79 Å². The Morgan fingerprint density at radius 3 is 1.85 bits per heavy atom. The van der Waals surface area contributed by atoms with Gasteiger partial charge in [-0.3, -0.25) is 4.79 Å². The third-order valence-electron chi connectivity index (χ3n) is 4.91. The fourth-order valence-corrected chi connectivity index (χ4v) is 3.28. The molecule has 1 amide bonds. The molecule has 26 heavy (non-hydrogen) atoms. The Hall–Kier alpha value is -1.26. The maximum absolute atomic E-state index is 11.4. The molecule has 5 heteroatoms. The molecule has 1 saturated heterocycles. The van der Waals surface area contributed by atoms with Crippen LogP contribution in [0.1, 0.15) is 110 Å². The van der Waals surface area contributed by atoms with Gasteiger partial charge in [-0.1, -0.05) is 90.4 Å². The minimum atomic E-state index is -0.674. The highest BCUT2D eigenvalue weighted by Crippen LogP contribution is 2.13. The molecule has 1 unspecified atom stereocenters. The zero-order chi connectivity index (χ0) is 18.9. The first-order chi connectivity index (χ1) is 12.7. The van der Waals surface area contributed by atoms with Crippen LogP contribution in [0.25, 0.3) is 0 Å². The fraction of sp³-hybridized carbons (Fsp3) is 0.905. The summed E-state index contributed by atoms with van der Waals surface area (Å²) in [7, 11) is 0. The van der Waals surface area contributed by atoms with E-state index < -0.39 is 12.4 Å². The molecule has 1 aliphatic rings. The molecule has 1 heterocycles. The Morgan fingerprint density at radius 1 is 0.885 bits per heavy atom. The molecule has 1 fully saturated rings. The molecule has 1 atom stereocenters. The largest absolute Gasteiger partial charge is 0.510 e. The van der Waals surface area contributed by atoms with E-state index in [1.165, 1.54) is 77.0 Å². The number of rotatable bonds is 16. The Balaban J connectivity index is 1.74. The Bertz CT molecular complexity index is 373. The van der Waals surface area contributed by atoms with Crippen molar-refractivity contribution >= 4 is 12.1 Å². The second-order valence-corrected chi connectivity index (χ2v) is 7.41. The molecule has 0 aromatic heterocycles. The quantitative estimate of drug-likeness (QED) is 0.273. The van der Waals surface area contributed by atoms with Gasteiger partial charge in [0.2, 0.25) is 5.91 Å². The van der Waals surface area contributed by atoms with Crippen molar-refractivity contribution in [1.82, 2.24) is 5.32 Å². The van der Waals surface area contributed by atoms with Crippen molar-refractivity contribution in [3.05, 3.63) is 0 Å². The van der Waals surface area contributed by atoms with E-state index in [9.17, 15) is 9.59 Å². The van der Waals surface area contributed by atoms with E-state index in [4.69, 9.17) is 9.47 Å². The molecule has 0 bridgehead atoms. The van der Waals surface area contributed by atoms with Gasteiger partial charge >= 0.3 is 6.16 Å². The number of hydrogen-bond donors (Lipinski definition) is 1. The lowest BCUT2D eigenvalue weighted by Crippen LogP contribution is -2.30. The lowest BCUT2D eigenvalue weighted by molar-refractivity contribution is -0.120. The summed E-state index contributed by atoms with van der Waals surface area (Å²) in [5.41, 5.74) is 0. The van der Waals surface area contributed by atoms with Crippen LogP contribution in [0.5, 0.6) is 0 Å². The van der Waals surface area contributed by atoms with Crippen LogP contribution in [0.2, 0.25) is 0 Å². The van der Waals surface area contributed by atoms with Gasteiger partial charge in [0, 0.05) is 12.8 Å². The summed E-state index contributed by atoms with van der Waals surface area (Å²) in [6.07, 6.45) is 18.0. The maximum Gasteiger partial charge on any atom is 0.510 e. The molecule has 1 rings (SSSR count). The zero-order valence-corrected chi connectivity index (χ0v) is 16.7. The SMILES string of the molecule is CCCCCCCCCCCCCCCCOC(=O)OC1CCC(=O)N1. The van der Waals surface area contributed by atoms with E-state index >= 15 is 0 Å². The molecule has 0 radical (unpaired) electrons. The summed E-state index contributed by atoms with van der Waals surface area (Å²) in [5.74, 6) is -0.0743. The number of carbonyl (C=O) groups is 2. The van der Waals surface area contributed by atoms with Crippen LogP contribution in [0.3, 0.4) is 0 Å². The molecule has 0 aromatic rings. The number of hydrogen-bond acceptors (Lipinski definition) is 4. The normalized spacial score (nSPS) is 16.5. The Kier molecular flexibility index (Phi) is 14.0. The van der Waals surface area contributed by atoms with E-state index in [2.05, 4.69) is 12.2 Å². The second kappa shape index (κ2) is 16.0. The average molecular weight is 370 g/mol. The van der Waals surface area contributed by atoms with Crippen molar-refractivity contribution in [1.29, 1.82) is 0 Å². The van der Waals surface area contributed by atoms with Crippen LogP contribution in [0, 0.1) is 0 Å². The summed E-state index contributed by atoms with van der Waals surface area (Å²) in [4.78, 5) is 22.4. The summed E-state index contributed by atoms with van der Waals surface area (Å²) in [5, 5.41) is 2.58. The predicted octanol–water partition coefficient (Wildman–Crippen LogP) is 5.86. The van der Waals surface area contributed by atoms with Crippen LogP contribution in [-0.2, 0) is 14.3 Å². The molecule has 0 saturated carbocycles. The van der Waals surface area contributed by atoms with E-state index in [-0.39, 0.29) is 5.91 Å². The van der Waals surface area contributed by atoms with Crippen molar-refractivity contribution in [2.75, 3.05) is 6.61 Å². The molecular formula is C21H39NO4. The van der Waals surface area contributed by atoms with Gasteiger partial charge in [-0.2, -0.15) is 0 Å². The molecule has 1 aliphatic heterocycles. The highest BCUT2D eigenvalue weighted by Gasteiger charge is 2.24. The van der Waals surface area contributed by atoms with Gasteiger partial charge in [-0.15, -0.1) is 0 Å². The van der Waals surface area contributed by atoms with Crippen LogP contribution < -0.4 is 5.32 Å². The first-order valence-electron chi connectivity index (χ1n) is 10.8. The van der Waals surface area contributed by atoms with Crippen molar-refractivity contribution in [2.45, 2.75) is 116 Å². The lowest BCUT2D eigenvalue weighted by atomic mass is 10.0. The molecule has 0 aromatic carbocycles. The summed E-state index contributed by atoms with van der Waals surface area (Å²) >= 11 is 0. The van der Waals surface area contributed by atoms with Gasteiger partial charge in [0.05, 0.1) is 6.61 Å². The van der Waals surface area contributed by atoms with E-state index in [1.54, 1.807) is 0 Å². The summed E-state index contributed by atoms with van der Waals surface area (Å²) in [6, 6.07) is 0. The summed E-state index contributed by atoms with van der Waals surface area (Å²) in [6.45, 7) is 2.66. The topological polar surface area (TPSA) is 64.6 Å².